The van der Waals surface area contributed by atoms with Gasteiger partial charge in [-0.15, -0.1) is 0 Å². The highest BCUT2D eigenvalue weighted by atomic mass is 15.2. The minimum Gasteiger partial charge on any atom is -0.314 e. The summed E-state index contributed by atoms with van der Waals surface area (Å²) < 4.78 is 0. The van der Waals surface area contributed by atoms with Gasteiger partial charge in [0.05, 0.1) is 0 Å². The van der Waals surface area contributed by atoms with E-state index in [0.29, 0.717) is 17.5 Å². The zero-order chi connectivity index (χ0) is 15.2. The third-order valence-corrected chi connectivity index (χ3v) is 4.56. The Labute approximate surface area is 127 Å². The van der Waals surface area contributed by atoms with Crippen LogP contribution in [0.15, 0.2) is 0 Å². The number of hydrogen-bond donors (Lipinski definition) is 1. The Bertz CT molecular complexity index is 267. The van der Waals surface area contributed by atoms with Crippen molar-refractivity contribution in [3.05, 3.63) is 0 Å². The Kier molecular flexibility index (Phi) is 7.49. The highest BCUT2D eigenvalue weighted by molar-refractivity contribution is 4.85. The van der Waals surface area contributed by atoms with Gasteiger partial charge in [-0.25, -0.2) is 0 Å². The monoisotopic (exact) mass is 283 g/mol. The molecule has 1 rings (SSSR count). The van der Waals surface area contributed by atoms with Gasteiger partial charge < -0.3 is 10.2 Å². The number of hydrogen-bond acceptors (Lipinski definition) is 3. The van der Waals surface area contributed by atoms with Gasteiger partial charge in [0.15, 0.2) is 0 Å². The average Bonchev–Trinajstić information content (AvgIpc) is 2.49. The summed E-state index contributed by atoms with van der Waals surface area (Å²) in [4.78, 5) is 5.20. The predicted molar refractivity (Wildman–Crippen MR) is 89.3 cm³/mol. The summed E-state index contributed by atoms with van der Waals surface area (Å²) in [5.41, 5.74) is 0.399. The van der Waals surface area contributed by atoms with E-state index < -0.39 is 0 Å². The van der Waals surface area contributed by atoms with E-state index in [0.717, 1.165) is 6.54 Å². The van der Waals surface area contributed by atoms with Crippen molar-refractivity contribution in [1.29, 1.82) is 0 Å². The fourth-order valence-electron chi connectivity index (χ4n) is 3.42. The maximum absolute atomic E-state index is 3.66. The van der Waals surface area contributed by atoms with E-state index >= 15 is 0 Å². The van der Waals surface area contributed by atoms with Crippen LogP contribution in [0.3, 0.4) is 0 Å². The fraction of sp³-hybridized carbons (Fsp3) is 1.00. The van der Waals surface area contributed by atoms with Crippen LogP contribution >= 0.6 is 0 Å². The Morgan fingerprint density at radius 1 is 1.30 bits per heavy atom. The van der Waals surface area contributed by atoms with Crippen LogP contribution in [0.1, 0.15) is 53.9 Å². The molecule has 1 aliphatic rings. The summed E-state index contributed by atoms with van der Waals surface area (Å²) in [5.74, 6) is 0. The average molecular weight is 284 g/mol. The molecule has 3 heteroatoms. The highest BCUT2D eigenvalue weighted by Crippen LogP contribution is 2.26. The Morgan fingerprint density at radius 3 is 2.60 bits per heavy atom. The molecule has 2 unspecified atom stereocenters. The van der Waals surface area contributed by atoms with E-state index in [4.69, 9.17) is 0 Å². The zero-order valence-corrected chi connectivity index (χ0v) is 14.7. The van der Waals surface area contributed by atoms with Crippen LogP contribution in [0.2, 0.25) is 0 Å². The molecule has 20 heavy (non-hydrogen) atoms. The molecule has 3 nitrogen and oxygen atoms in total. The number of rotatable bonds is 7. The van der Waals surface area contributed by atoms with Crippen molar-refractivity contribution in [2.75, 3.05) is 39.8 Å². The lowest BCUT2D eigenvalue weighted by atomic mass is 9.84. The van der Waals surface area contributed by atoms with Gasteiger partial charge in [0, 0.05) is 31.7 Å². The topological polar surface area (TPSA) is 18.5 Å². The lowest BCUT2D eigenvalue weighted by Crippen LogP contribution is -2.48. The fourth-order valence-corrected chi connectivity index (χ4v) is 3.42. The Hall–Kier alpha value is -0.120. The second-order valence-corrected chi connectivity index (χ2v) is 7.53. The first kappa shape index (κ1) is 17.9. The van der Waals surface area contributed by atoms with E-state index in [1.54, 1.807) is 0 Å². The minimum absolute atomic E-state index is 0.399. The second-order valence-electron chi connectivity index (χ2n) is 7.53. The van der Waals surface area contributed by atoms with Crippen molar-refractivity contribution >= 4 is 0 Å². The van der Waals surface area contributed by atoms with Crippen molar-refractivity contribution in [3.63, 3.8) is 0 Å². The molecule has 0 radical (unpaired) electrons. The van der Waals surface area contributed by atoms with Crippen LogP contribution in [0.4, 0.5) is 0 Å². The molecule has 0 amide bonds. The van der Waals surface area contributed by atoms with Gasteiger partial charge in [-0.1, -0.05) is 34.1 Å². The van der Waals surface area contributed by atoms with Crippen molar-refractivity contribution in [2.45, 2.75) is 66.0 Å². The van der Waals surface area contributed by atoms with Crippen molar-refractivity contribution in [3.8, 4) is 0 Å². The van der Waals surface area contributed by atoms with Crippen molar-refractivity contribution in [2.24, 2.45) is 5.41 Å². The summed E-state index contributed by atoms with van der Waals surface area (Å²) in [5, 5.41) is 3.66. The lowest BCUT2D eigenvalue weighted by molar-refractivity contribution is 0.115. The van der Waals surface area contributed by atoms with Gasteiger partial charge in [-0.05, 0) is 45.3 Å². The summed E-state index contributed by atoms with van der Waals surface area (Å²) in [6.45, 7) is 17.7. The number of nitrogens with zero attached hydrogens (tertiary/aromatic N) is 2. The third-order valence-electron chi connectivity index (χ3n) is 4.56. The second kappa shape index (κ2) is 8.35. The molecule has 2 atom stereocenters. The standard InChI is InChI=1S/C17H37N3/c1-7-9-17(5,13-18-15(2)3)14-20-11-8-10-19(6)12-16(20)4/h15-16,18H,7-14H2,1-6H3. The maximum Gasteiger partial charge on any atom is 0.0195 e. The molecular weight excluding hydrogens is 246 g/mol. The molecule has 120 valence electrons. The first-order chi connectivity index (χ1) is 9.36. The summed E-state index contributed by atoms with van der Waals surface area (Å²) in [7, 11) is 2.26. The van der Waals surface area contributed by atoms with E-state index in [1.165, 1.54) is 45.4 Å². The quantitative estimate of drug-likeness (QED) is 0.775. The highest BCUT2D eigenvalue weighted by Gasteiger charge is 2.29. The van der Waals surface area contributed by atoms with Crippen molar-refractivity contribution < 1.29 is 0 Å². The Balaban J connectivity index is 2.62. The molecular formula is C17H37N3. The number of likely N-dealkylation sites (N-methyl/N-ethyl adjacent to an activating group) is 1. The van der Waals surface area contributed by atoms with Gasteiger partial charge >= 0.3 is 0 Å². The largest absolute Gasteiger partial charge is 0.314 e. The minimum atomic E-state index is 0.399. The lowest BCUT2D eigenvalue weighted by Gasteiger charge is -2.38. The van der Waals surface area contributed by atoms with Gasteiger partial charge in [0.25, 0.3) is 0 Å². The van der Waals surface area contributed by atoms with Crippen LogP contribution in [0.5, 0.6) is 0 Å². The smallest absolute Gasteiger partial charge is 0.0195 e. The normalized spacial score (nSPS) is 25.6. The van der Waals surface area contributed by atoms with Gasteiger partial charge in [0.1, 0.15) is 0 Å². The summed E-state index contributed by atoms with van der Waals surface area (Å²) >= 11 is 0. The molecule has 0 saturated carbocycles. The molecule has 0 spiro atoms. The first-order valence-corrected chi connectivity index (χ1v) is 8.52. The summed E-state index contributed by atoms with van der Waals surface area (Å²) in [6.07, 6.45) is 3.89. The summed E-state index contributed by atoms with van der Waals surface area (Å²) in [6, 6.07) is 1.26. The van der Waals surface area contributed by atoms with Crippen LogP contribution in [-0.4, -0.2) is 61.7 Å². The molecule has 0 aromatic rings. The van der Waals surface area contributed by atoms with E-state index in [1.807, 2.05) is 0 Å². The van der Waals surface area contributed by atoms with Crippen LogP contribution in [-0.2, 0) is 0 Å². The van der Waals surface area contributed by atoms with Crippen LogP contribution < -0.4 is 5.32 Å². The Morgan fingerprint density at radius 2 is 2.00 bits per heavy atom. The van der Waals surface area contributed by atoms with E-state index in [-0.39, 0.29) is 0 Å². The maximum atomic E-state index is 3.66. The SMILES string of the molecule is CCCC(C)(CNC(C)C)CN1CCCN(C)CC1C. The molecule has 0 aliphatic carbocycles. The van der Waals surface area contributed by atoms with E-state index in [2.05, 4.69) is 56.8 Å². The molecule has 0 aromatic heterocycles. The molecule has 0 bridgehead atoms. The molecule has 0 aromatic carbocycles. The molecule has 1 heterocycles. The van der Waals surface area contributed by atoms with Gasteiger partial charge in [-0.3, -0.25) is 4.90 Å². The van der Waals surface area contributed by atoms with Gasteiger partial charge in [-0.2, -0.15) is 0 Å². The molecule has 1 saturated heterocycles. The number of nitrogens with one attached hydrogen (secondary N) is 1. The van der Waals surface area contributed by atoms with Crippen molar-refractivity contribution in [1.82, 2.24) is 15.1 Å². The predicted octanol–water partition coefficient (Wildman–Crippen LogP) is 2.82. The molecule has 1 N–H and O–H groups in total. The molecule has 1 aliphatic heterocycles. The molecule has 1 fully saturated rings. The zero-order valence-electron chi connectivity index (χ0n) is 14.7. The van der Waals surface area contributed by atoms with E-state index in [9.17, 15) is 0 Å². The third kappa shape index (κ3) is 6.11. The van der Waals surface area contributed by atoms with Crippen LogP contribution in [0, 0.1) is 5.41 Å². The van der Waals surface area contributed by atoms with Gasteiger partial charge in [0.2, 0.25) is 0 Å². The van der Waals surface area contributed by atoms with Crippen LogP contribution in [0.25, 0.3) is 0 Å². The first-order valence-electron chi connectivity index (χ1n) is 8.52.